The molecule has 2 amide bonds. The van der Waals surface area contributed by atoms with Crippen molar-refractivity contribution in [2.75, 3.05) is 10.6 Å². The quantitative estimate of drug-likeness (QED) is 0.398. The van der Waals surface area contributed by atoms with Crippen molar-refractivity contribution < 1.29 is 14.3 Å². The second kappa shape index (κ2) is 13.3. The Balaban J connectivity index is 1.16. The van der Waals surface area contributed by atoms with Gasteiger partial charge < -0.3 is 10.1 Å². The number of hydrogen-bond donors (Lipinski definition) is 2. The Morgan fingerprint density at radius 1 is 0.919 bits per heavy atom. The summed E-state index contributed by atoms with van der Waals surface area (Å²) in [5, 5.41) is 13.6. The lowest BCUT2D eigenvalue weighted by Gasteiger charge is -2.21. The predicted molar refractivity (Wildman–Crippen MR) is 139 cm³/mol. The highest BCUT2D eigenvalue weighted by Crippen LogP contribution is 2.20. The van der Waals surface area contributed by atoms with Gasteiger partial charge in [0.15, 0.2) is 5.82 Å². The van der Waals surface area contributed by atoms with Crippen molar-refractivity contribution in [1.29, 1.82) is 0 Å². The summed E-state index contributed by atoms with van der Waals surface area (Å²) in [6, 6.07) is 14.7. The van der Waals surface area contributed by atoms with Crippen molar-refractivity contribution in [2.24, 2.45) is 0 Å². The molecule has 194 valence electrons. The number of nitrogens with one attached hydrogen (secondary N) is 2. The molecule has 1 saturated carbocycles. The Hall–Kier alpha value is -4.08. The smallest absolute Gasteiger partial charge is 0.413 e. The second-order valence-corrected chi connectivity index (χ2v) is 9.16. The molecule has 1 aliphatic rings. The van der Waals surface area contributed by atoms with Gasteiger partial charge in [0.05, 0.1) is 12.1 Å². The number of rotatable bonds is 10. The van der Waals surface area contributed by atoms with Gasteiger partial charge in [0.1, 0.15) is 11.9 Å². The van der Waals surface area contributed by atoms with E-state index in [9.17, 15) is 14.4 Å². The lowest BCUT2D eigenvalue weighted by Crippen LogP contribution is -2.27. The van der Waals surface area contributed by atoms with Crippen LogP contribution in [0.5, 0.6) is 0 Å². The molecule has 1 aromatic carbocycles. The Labute approximate surface area is 215 Å². The molecule has 37 heavy (non-hydrogen) atoms. The Kier molecular flexibility index (Phi) is 9.34. The normalized spacial score (nSPS) is 13.6. The first kappa shape index (κ1) is 26.0. The van der Waals surface area contributed by atoms with Crippen LogP contribution in [0.25, 0.3) is 0 Å². The minimum Gasteiger partial charge on any atom is -0.446 e. The molecule has 1 aliphatic carbocycles. The maximum absolute atomic E-state index is 12.3. The number of carbonyl (C=O) groups excluding carboxylic acids is 2. The molecule has 0 atom stereocenters. The van der Waals surface area contributed by atoms with E-state index in [2.05, 4.69) is 25.8 Å². The SMILES string of the molecule is O=C(Cc1ccccc1)Nc1ccc(CCCCn2ccc(NC(=O)OC3CCCCC3)nc2=O)nn1. The number of aromatic nitrogens is 4. The number of benzene rings is 1. The molecule has 2 aromatic heterocycles. The molecule has 0 unspecified atom stereocenters. The van der Waals surface area contributed by atoms with Gasteiger partial charge in [-0.05, 0) is 68.7 Å². The van der Waals surface area contributed by atoms with E-state index < -0.39 is 11.8 Å². The first-order valence-corrected chi connectivity index (χ1v) is 12.8. The van der Waals surface area contributed by atoms with Crippen LogP contribution in [-0.4, -0.2) is 37.9 Å². The van der Waals surface area contributed by atoms with Crippen LogP contribution in [-0.2, 0) is 28.9 Å². The van der Waals surface area contributed by atoms with E-state index in [1.165, 1.54) is 11.0 Å². The summed E-state index contributed by atoms with van der Waals surface area (Å²) >= 11 is 0. The van der Waals surface area contributed by atoms with Crippen LogP contribution in [0.15, 0.2) is 59.5 Å². The molecule has 4 rings (SSSR count). The van der Waals surface area contributed by atoms with E-state index >= 15 is 0 Å². The molecule has 0 saturated heterocycles. The molecular weight excluding hydrogens is 472 g/mol. The fourth-order valence-corrected chi connectivity index (χ4v) is 4.25. The topological polar surface area (TPSA) is 128 Å². The van der Waals surface area contributed by atoms with Gasteiger partial charge in [0, 0.05) is 12.7 Å². The summed E-state index contributed by atoms with van der Waals surface area (Å²) in [6.07, 6.45) is 8.58. The van der Waals surface area contributed by atoms with Crippen LogP contribution in [0.1, 0.15) is 56.2 Å². The Morgan fingerprint density at radius 2 is 1.73 bits per heavy atom. The zero-order valence-electron chi connectivity index (χ0n) is 20.8. The maximum Gasteiger partial charge on any atom is 0.413 e. The van der Waals surface area contributed by atoms with Crippen LogP contribution in [0.3, 0.4) is 0 Å². The van der Waals surface area contributed by atoms with Crippen LogP contribution < -0.4 is 16.3 Å². The third kappa shape index (κ3) is 8.52. The van der Waals surface area contributed by atoms with Gasteiger partial charge >= 0.3 is 11.8 Å². The largest absolute Gasteiger partial charge is 0.446 e. The van der Waals surface area contributed by atoms with Gasteiger partial charge in [-0.3, -0.25) is 14.7 Å². The van der Waals surface area contributed by atoms with Crippen molar-refractivity contribution in [3.05, 3.63) is 76.5 Å². The summed E-state index contributed by atoms with van der Waals surface area (Å²) < 4.78 is 6.92. The molecular formula is C27H32N6O4. The minimum absolute atomic E-state index is 0.0617. The zero-order chi connectivity index (χ0) is 25.9. The van der Waals surface area contributed by atoms with E-state index in [4.69, 9.17) is 4.74 Å². The van der Waals surface area contributed by atoms with Crippen LogP contribution in [0.4, 0.5) is 16.4 Å². The van der Waals surface area contributed by atoms with E-state index in [0.29, 0.717) is 18.8 Å². The molecule has 3 aromatic rings. The average Bonchev–Trinajstić information content (AvgIpc) is 2.89. The van der Waals surface area contributed by atoms with Gasteiger partial charge in [0.25, 0.3) is 0 Å². The standard InChI is InChI=1S/C27H32N6O4/c34-25(19-20-9-3-1-4-10-20)28-24-15-14-21(31-32-24)11-7-8-17-33-18-16-23(29-26(33)35)30-27(36)37-22-12-5-2-6-13-22/h1,3-4,9-10,14-16,18,22H,2,5-8,11-13,17,19H2,(H,28,32,34)(H,29,30,35,36). The number of carbonyl (C=O) groups is 2. The number of hydrogen-bond acceptors (Lipinski definition) is 7. The first-order chi connectivity index (χ1) is 18.0. The van der Waals surface area contributed by atoms with Gasteiger partial charge in [-0.15, -0.1) is 5.10 Å². The average molecular weight is 505 g/mol. The molecule has 0 spiro atoms. The second-order valence-electron chi connectivity index (χ2n) is 9.16. The predicted octanol–water partition coefficient (Wildman–Crippen LogP) is 4.12. The van der Waals surface area contributed by atoms with E-state index in [0.717, 1.165) is 49.8 Å². The fraction of sp³-hybridized carbons (Fsp3) is 0.407. The summed E-state index contributed by atoms with van der Waals surface area (Å²) in [5.41, 5.74) is 1.32. The van der Waals surface area contributed by atoms with Crippen molar-refractivity contribution in [1.82, 2.24) is 19.7 Å². The van der Waals surface area contributed by atoms with Gasteiger partial charge in [-0.1, -0.05) is 36.8 Å². The number of anilines is 2. The lowest BCUT2D eigenvalue weighted by atomic mass is 9.98. The molecule has 2 N–H and O–H groups in total. The maximum atomic E-state index is 12.3. The highest BCUT2D eigenvalue weighted by atomic mass is 16.6. The Bertz CT molecular complexity index is 1220. The number of amides is 2. The van der Waals surface area contributed by atoms with E-state index in [-0.39, 0.29) is 24.2 Å². The molecule has 1 fully saturated rings. The van der Waals surface area contributed by atoms with Gasteiger partial charge in [0.2, 0.25) is 5.91 Å². The lowest BCUT2D eigenvalue weighted by molar-refractivity contribution is -0.115. The van der Waals surface area contributed by atoms with Crippen LogP contribution in [0, 0.1) is 0 Å². The van der Waals surface area contributed by atoms with Gasteiger partial charge in [-0.25, -0.2) is 9.59 Å². The molecule has 10 heteroatoms. The zero-order valence-corrected chi connectivity index (χ0v) is 20.8. The van der Waals surface area contributed by atoms with Crippen LogP contribution >= 0.6 is 0 Å². The monoisotopic (exact) mass is 504 g/mol. The van der Waals surface area contributed by atoms with E-state index in [1.807, 2.05) is 36.4 Å². The summed E-state index contributed by atoms with van der Waals surface area (Å²) in [4.78, 5) is 40.5. The number of ether oxygens (including phenoxy) is 1. The Morgan fingerprint density at radius 3 is 2.46 bits per heavy atom. The third-order valence-corrected chi connectivity index (χ3v) is 6.21. The number of nitrogens with zero attached hydrogens (tertiary/aromatic N) is 4. The molecule has 0 aliphatic heterocycles. The van der Waals surface area contributed by atoms with Gasteiger partial charge in [-0.2, -0.15) is 10.1 Å². The van der Waals surface area contributed by atoms with Crippen molar-refractivity contribution in [3.63, 3.8) is 0 Å². The third-order valence-electron chi connectivity index (χ3n) is 6.21. The fourth-order valence-electron chi connectivity index (χ4n) is 4.25. The van der Waals surface area contributed by atoms with E-state index in [1.54, 1.807) is 18.3 Å². The summed E-state index contributed by atoms with van der Waals surface area (Å²) in [7, 11) is 0. The van der Waals surface area contributed by atoms with Crippen LogP contribution in [0.2, 0.25) is 0 Å². The summed E-state index contributed by atoms with van der Waals surface area (Å²) in [6.45, 7) is 0.500. The van der Waals surface area contributed by atoms with Crippen molar-refractivity contribution in [2.45, 2.75) is 70.4 Å². The molecule has 0 bridgehead atoms. The van der Waals surface area contributed by atoms with Crippen molar-refractivity contribution >= 4 is 23.6 Å². The molecule has 0 radical (unpaired) electrons. The highest BCUT2D eigenvalue weighted by molar-refractivity contribution is 5.91. The highest BCUT2D eigenvalue weighted by Gasteiger charge is 2.18. The minimum atomic E-state index is -0.570. The molecule has 10 nitrogen and oxygen atoms in total. The first-order valence-electron chi connectivity index (χ1n) is 12.8. The van der Waals surface area contributed by atoms with Crippen molar-refractivity contribution in [3.8, 4) is 0 Å². The number of unbranched alkanes of at least 4 members (excludes halogenated alkanes) is 1. The summed E-state index contributed by atoms with van der Waals surface area (Å²) in [5.74, 6) is 0.460. The number of aryl methyl sites for hydroxylation is 2. The molecule has 2 heterocycles.